The predicted molar refractivity (Wildman–Crippen MR) is 78.6 cm³/mol. The van der Waals surface area contributed by atoms with Crippen molar-refractivity contribution >= 4 is 5.97 Å². The Morgan fingerprint density at radius 3 is 2.12 bits per heavy atom. The minimum atomic E-state index is -4.79. The lowest BCUT2D eigenvalue weighted by atomic mass is 9.82. The van der Waals surface area contributed by atoms with Gasteiger partial charge < -0.3 is 10.5 Å². The summed E-state index contributed by atoms with van der Waals surface area (Å²) in [5.41, 5.74) is 2.82. The first-order valence-electron chi connectivity index (χ1n) is 7.40. The lowest BCUT2D eigenvalue weighted by Gasteiger charge is -2.26. The summed E-state index contributed by atoms with van der Waals surface area (Å²) in [4.78, 5) is 11.3. The minimum absolute atomic E-state index is 0.0264. The molecule has 2 N–H and O–H groups in total. The van der Waals surface area contributed by atoms with E-state index in [0.29, 0.717) is 18.2 Å². The van der Waals surface area contributed by atoms with E-state index in [9.17, 15) is 31.1 Å². The van der Waals surface area contributed by atoms with E-state index in [4.69, 9.17) is 5.73 Å². The average Bonchev–Trinajstić information content (AvgIpc) is 2.50. The summed E-state index contributed by atoms with van der Waals surface area (Å²) < 4.78 is 82.5. The largest absolute Gasteiger partial charge is 0.468 e. The molecule has 142 valence electrons. The molecular weight excluding hydrogens is 352 g/mol. The minimum Gasteiger partial charge on any atom is -0.468 e. The molecule has 0 aliphatic heterocycles. The molecule has 0 aliphatic rings. The molecule has 1 aromatic carbocycles. The van der Waals surface area contributed by atoms with Crippen LogP contribution in [0.15, 0.2) is 18.2 Å². The van der Waals surface area contributed by atoms with E-state index in [-0.39, 0.29) is 6.42 Å². The number of benzene rings is 1. The number of carbonyl (C=O) groups is 1. The highest BCUT2D eigenvalue weighted by Gasteiger charge is 2.39. The van der Waals surface area contributed by atoms with Crippen molar-refractivity contribution in [2.45, 2.75) is 44.6 Å². The topological polar surface area (TPSA) is 52.3 Å². The molecule has 0 bridgehead atoms. The zero-order valence-electron chi connectivity index (χ0n) is 13.8. The molecule has 1 rings (SSSR count). The van der Waals surface area contributed by atoms with Gasteiger partial charge in [0.25, 0.3) is 0 Å². The normalized spacial score (nSPS) is 16.2. The number of esters is 1. The Morgan fingerprint density at radius 1 is 1.12 bits per heavy atom. The van der Waals surface area contributed by atoms with E-state index in [0.717, 1.165) is 7.11 Å². The quantitative estimate of drug-likeness (QED) is 0.618. The molecule has 25 heavy (non-hydrogen) atoms. The SMILES string of the molecule is COC(=O)C(N)CC(C)C(C)c1cc(C(F)(F)F)ccc1C(F)(F)F. The van der Waals surface area contributed by atoms with Gasteiger partial charge >= 0.3 is 18.3 Å². The maximum absolute atomic E-state index is 13.2. The van der Waals surface area contributed by atoms with Gasteiger partial charge in [0.05, 0.1) is 18.2 Å². The number of hydrogen-bond acceptors (Lipinski definition) is 3. The van der Waals surface area contributed by atoms with Gasteiger partial charge in [0, 0.05) is 0 Å². The van der Waals surface area contributed by atoms with Crippen molar-refractivity contribution in [3.05, 3.63) is 34.9 Å². The molecule has 3 atom stereocenters. The molecule has 9 heteroatoms. The van der Waals surface area contributed by atoms with Gasteiger partial charge in [-0.3, -0.25) is 4.79 Å². The number of carbonyl (C=O) groups excluding carboxylic acids is 1. The highest BCUT2D eigenvalue weighted by atomic mass is 19.4. The second-order valence-corrected chi connectivity index (χ2v) is 5.93. The number of ether oxygens (including phenoxy) is 1. The molecule has 1 aromatic rings. The first-order chi connectivity index (χ1) is 11.3. The first-order valence-corrected chi connectivity index (χ1v) is 7.40. The highest BCUT2D eigenvalue weighted by Crippen LogP contribution is 2.41. The van der Waals surface area contributed by atoms with Crippen molar-refractivity contribution in [1.82, 2.24) is 0 Å². The van der Waals surface area contributed by atoms with Gasteiger partial charge in [-0.2, -0.15) is 26.3 Å². The Kier molecular flexibility index (Phi) is 6.50. The monoisotopic (exact) mass is 371 g/mol. The lowest BCUT2D eigenvalue weighted by Crippen LogP contribution is -2.34. The van der Waals surface area contributed by atoms with E-state index >= 15 is 0 Å². The molecule has 0 spiro atoms. The van der Waals surface area contributed by atoms with Crippen LogP contribution in [0.4, 0.5) is 26.3 Å². The molecule has 0 aromatic heterocycles. The summed E-state index contributed by atoms with van der Waals surface area (Å²) in [6.45, 7) is 2.90. The second-order valence-electron chi connectivity index (χ2n) is 5.93. The van der Waals surface area contributed by atoms with Gasteiger partial charge in [-0.25, -0.2) is 0 Å². The standard InChI is InChI=1S/C16H19F6NO2/c1-8(6-13(23)14(24)25-3)9(2)11-7-10(15(17,18)19)4-5-12(11)16(20,21)22/h4-5,7-9,13H,6,23H2,1-3H3. The van der Waals surface area contributed by atoms with Crippen LogP contribution in [-0.2, 0) is 21.9 Å². The molecule has 0 amide bonds. The maximum atomic E-state index is 13.2. The summed E-state index contributed by atoms with van der Waals surface area (Å²) in [5.74, 6) is -2.23. The average molecular weight is 371 g/mol. The van der Waals surface area contributed by atoms with E-state index in [2.05, 4.69) is 4.74 Å². The summed E-state index contributed by atoms with van der Waals surface area (Å²) in [6.07, 6.45) is -9.58. The molecule has 0 fully saturated rings. The van der Waals surface area contributed by atoms with Gasteiger partial charge in [-0.1, -0.05) is 13.8 Å². The first kappa shape index (κ1) is 21.3. The van der Waals surface area contributed by atoms with Crippen molar-refractivity contribution in [2.24, 2.45) is 11.7 Å². The highest BCUT2D eigenvalue weighted by molar-refractivity contribution is 5.75. The van der Waals surface area contributed by atoms with Crippen LogP contribution in [0.5, 0.6) is 0 Å². The van der Waals surface area contributed by atoms with Crippen LogP contribution in [0.2, 0.25) is 0 Å². The fourth-order valence-electron chi connectivity index (χ4n) is 2.53. The van der Waals surface area contributed by atoms with Gasteiger partial charge in [-0.15, -0.1) is 0 Å². The fourth-order valence-corrected chi connectivity index (χ4v) is 2.53. The smallest absolute Gasteiger partial charge is 0.416 e. The third-order valence-corrected chi connectivity index (χ3v) is 4.16. The maximum Gasteiger partial charge on any atom is 0.416 e. The third kappa shape index (κ3) is 5.35. The lowest BCUT2D eigenvalue weighted by molar-refractivity contribution is -0.143. The van der Waals surface area contributed by atoms with Gasteiger partial charge in [0.2, 0.25) is 0 Å². The van der Waals surface area contributed by atoms with Gasteiger partial charge in [0.15, 0.2) is 0 Å². The Morgan fingerprint density at radius 2 is 1.68 bits per heavy atom. The number of halogens is 6. The van der Waals surface area contributed by atoms with E-state index in [1.165, 1.54) is 13.8 Å². The van der Waals surface area contributed by atoms with Crippen LogP contribution in [0.25, 0.3) is 0 Å². The molecule has 3 nitrogen and oxygen atoms in total. The number of nitrogens with two attached hydrogens (primary N) is 1. The zero-order chi connectivity index (χ0) is 19.6. The van der Waals surface area contributed by atoms with Gasteiger partial charge in [0.1, 0.15) is 6.04 Å². The van der Waals surface area contributed by atoms with Crippen LogP contribution < -0.4 is 5.73 Å². The molecule has 0 saturated carbocycles. The Bertz CT molecular complexity index is 612. The molecule has 3 unspecified atom stereocenters. The summed E-state index contributed by atoms with van der Waals surface area (Å²) in [7, 11) is 1.12. The van der Waals surface area contributed by atoms with Crippen LogP contribution in [0.3, 0.4) is 0 Å². The Labute approximate surface area is 141 Å². The molecule has 0 aliphatic carbocycles. The number of methoxy groups -OCH3 is 1. The van der Waals surface area contributed by atoms with Crippen LogP contribution >= 0.6 is 0 Å². The number of alkyl halides is 6. The van der Waals surface area contributed by atoms with Crippen molar-refractivity contribution in [1.29, 1.82) is 0 Å². The molecule has 0 heterocycles. The Balaban J connectivity index is 3.25. The Hall–Kier alpha value is -1.77. The second kappa shape index (κ2) is 7.63. The number of rotatable bonds is 5. The van der Waals surface area contributed by atoms with E-state index in [1.807, 2.05) is 0 Å². The van der Waals surface area contributed by atoms with Crippen LogP contribution in [0.1, 0.15) is 42.9 Å². The molecular formula is C16H19F6NO2. The van der Waals surface area contributed by atoms with Crippen molar-refractivity contribution in [3.63, 3.8) is 0 Å². The van der Waals surface area contributed by atoms with Crippen LogP contribution in [-0.4, -0.2) is 19.1 Å². The van der Waals surface area contributed by atoms with Crippen molar-refractivity contribution in [2.75, 3.05) is 7.11 Å². The van der Waals surface area contributed by atoms with E-state index in [1.54, 1.807) is 0 Å². The third-order valence-electron chi connectivity index (χ3n) is 4.16. The zero-order valence-corrected chi connectivity index (χ0v) is 13.8. The number of hydrogen-bond donors (Lipinski definition) is 1. The van der Waals surface area contributed by atoms with Crippen LogP contribution in [0, 0.1) is 5.92 Å². The summed E-state index contributed by atoms with van der Waals surface area (Å²) in [5, 5.41) is 0. The fraction of sp³-hybridized carbons (Fsp3) is 0.562. The van der Waals surface area contributed by atoms with E-state index < -0.39 is 52.9 Å². The predicted octanol–water partition coefficient (Wildman–Crippen LogP) is 4.35. The van der Waals surface area contributed by atoms with Crippen molar-refractivity contribution in [3.8, 4) is 0 Å². The molecule has 0 saturated heterocycles. The van der Waals surface area contributed by atoms with Crippen molar-refractivity contribution < 1.29 is 35.9 Å². The molecule has 0 radical (unpaired) electrons. The summed E-state index contributed by atoms with van der Waals surface area (Å²) in [6, 6.07) is 0.279. The van der Waals surface area contributed by atoms with Gasteiger partial charge in [-0.05, 0) is 42.0 Å². The summed E-state index contributed by atoms with van der Waals surface area (Å²) >= 11 is 0.